The van der Waals surface area contributed by atoms with Crippen LogP contribution in [0.5, 0.6) is 11.5 Å². The van der Waals surface area contributed by atoms with Gasteiger partial charge in [-0.3, -0.25) is 14.3 Å². The van der Waals surface area contributed by atoms with Gasteiger partial charge in [0.15, 0.2) is 0 Å². The molecule has 7 aromatic rings. The van der Waals surface area contributed by atoms with Gasteiger partial charge in [-0.05, 0) is 43.2 Å². The number of aromatic nitrogens is 6. The molecule has 16 heteroatoms. The molecule has 0 aliphatic heterocycles. The van der Waals surface area contributed by atoms with Crippen LogP contribution in [0.25, 0.3) is 40.9 Å². The molecule has 0 aromatic carbocycles. The predicted octanol–water partition coefficient (Wildman–Crippen LogP) is 6.41. The molecule has 0 fully saturated rings. The SMILES string of the molecule is Cc1cc(C(F)F)nc2sc3c(O)c(C(c4c(O)c5sc6nc(C(F)F)cc(C)c6c5[nH]c4=O)c4ccnn4C)c(=O)[nH]c3c12. The van der Waals surface area contributed by atoms with Crippen molar-refractivity contribution in [2.75, 3.05) is 0 Å². The zero-order valence-corrected chi connectivity index (χ0v) is 25.0. The van der Waals surface area contributed by atoms with Crippen molar-refractivity contribution in [1.29, 1.82) is 0 Å². The van der Waals surface area contributed by atoms with Gasteiger partial charge in [0.2, 0.25) is 0 Å². The first-order valence-electron chi connectivity index (χ1n) is 13.3. The van der Waals surface area contributed by atoms with Gasteiger partial charge < -0.3 is 20.2 Å². The summed E-state index contributed by atoms with van der Waals surface area (Å²) >= 11 is 1.77. The number of aromatic hydroxyl groups is 2. The number of nitrogens with one attached hydrogen (secondary N) is 2. The van der Waals surface area contributed by atoms with E-state index in [0.717, 1.165) is 22.7 Å². The summed E-state index contributed by atoms with van der Waals surface area (Å²) in [4.78, 5) is 41.5. The Morgan fingerprint density at radius 2 is 1.24 bits per heavy atom. The molecule has 0 unspecified atom stereocenters. The van der Waals surface area contributed by atoms with Gasteiger partial charge in [-0.2, -0.15) is 5.10 Å². The Morgan fingerprint density at radius 1 is 0.800 bits per heavy atom. The zero-order chi connectivity index (χ0) is 32.1. The molecule has 0 amide bonds. The van der Waals surface area contributed by atoms with Crippen LogP contribution in [-0.2, 0) is 7.05 Å². The molecule has 0 radical (unpaired) electrons. The number of hydrogen-bond acceptors (Lipinski definition) is 9. The summed E-state index contributed by atoms with van der Waals surface area (Å²) in [5.74, 6) is -2.45. The van der Waals surface area contributed by atoms with E-state index in [1.165, 1.54) is 29.1 Å². The number of pyridine rings is 4. The number of H-pyrrole nitrogens is 2. The van der Waals surface area contributed by atoms with Crippen molar-refractivity contribution in [2.24, 2.45) is 7.05 Å². The molecule has 4 N–H and O–H groups in total. The number of hydrogen-bond donors (Lipinski definition) is 4. The summed E-state index contributed by atoms with van der Waals surface area (Å²) in [6.45, 7) is 3.17. The summed E-state index contributed by atoms with van der Waals surface area (Å²) in [6, 6.07) is 3.92. The minimum Gasteiger partial charge on any atom is -0.506 e. The molecular weight excluding hydrogens is 636 g/mol. The number of aromatic amines is 2. The molecule has 45 heavy (non-hydrogen) atoms. The van der Waals surface area contributed by atoms with E-state index in [0.29, 0.717) is 21.9 Å². The van der Waals surface area contributed by atoms with E-state index in [1.54, 1.807) is 20.9 Å². The third kappa shape index (κ3) is 4.23. The molecule has 7 aromatic heterocycles. The van der Waals surface area contributed by atoms with E-state index in [2.05, 4.69) is 25.0 Å². The molecule has 0 saturated carbocycles. The van der Waals surface area contributed by atoms with Gasteiger partial charge in [0, 0.05) is 24.0 Å². The Labute approximate surface area is 256 Å². The highest BCUT2D eigenvalue weighted by molar-refractivity contribution is 7.26. The maximum absolute atomic E-state index is 13.8. The maximum atomic E-state index is 13.8. The van der Waals surface area contributed by atoms with Crippen LogP contribution in [0.4, 0.5) is 17.6 Å². The Hall–Kier alpha value is -4.83. The number of alkyl halides is 4. The third-order valence-electron chi connectivity index (χ3n) is 7.84. The topological polar surface area (TPSA) is 150 Å². The van der Waals surface area contributed by atoms with Gasteiger partial charge in [0.25, 0.3) is 24.0 Å². The van der Waals surface area contributed by atoms with Crippen molar-refractivity contribution >= 4 is 63.5 Å². The molecule has 0 atom stereocenters. The minimum atomic E-state index is -2.84. The maximum Gasteiger partial charge on any atom is 0.280 e. The van der Waals surface area contributed by atoms with E-state index in [9.17, 15) is 37.4 Å². The molecule has 7 heterocycles. The lowest BCUT2D eigenvalue weighted by Gasteiger charge is -2.19. The second-order valence-electron chi connectivity index (χ2n) is 10.5. The lowest BCUT2D eigenvalue weighted by Crippen LogP contribution is -2.25. The van der Waals surface area contributed by atoms with Crippen molar-refractivity contribution in [2.45, 2.75) is 32.6 Å². The number of aryl methyl sites for hydroxylation is 3. The van der Waals surface area contributed by atoms with Crippen LogP contribution in [0.2, 0.25) is 0 Å². The molecule has 10 nitrogen and oxygen atoms in total. The van der Waals surface area contributed by atoms with E-state index in [4.69, 9.17) is 0 Å². The van der Waals surface area contributed by atoms with Gasteiger partial charge >= 0.3 is 0 Å². The first-order valence-corrected chi connectivity index (χ1v) is 14.9. The Morgan fingerprint density at radius 3 is 1.62 bits per heavy atom. The summed E-state index contributed by atoms with van der Waals surface area (Å²) in [5.41, 5.74) is -1.70. The van der Waals surface area contributed by atoms with Crippen LogP contribution in [0.1, 0.15) is 58.1 Å². The number of thiophene rings is 2. The second-order valence-corrected chi connectivity index (χ2v) is 12.5. The molecular formula is C29H20F4N6O4S2. The molecule has 0 saturated heterocycles. The Kier molecular flexibility index (Phi) is 6.49. The molecule has 0 bridgehead atoms. The van der Waals surface area contributed by atoms with Crippen molar-refractivity contribution in [3.8, 4) is 11.5 Å². The van der Waals surface area contributed by atoms with E-state index in [-0.39, 0.29) is 46.9 Å². The molecule has 0 aliphatic rings. The Balaban J connectivity index is 1.55. The standard InChI is InChI=1S/C29H20F4N6O4S2/c1-8-6-10(24(30)31)35-28-13(8)18-22(44-28)20(40)16(26(42)37-18)15(12-4-5-34-39(12)3)17-21(41)23-19(38-27(17)43)14-9(2)7-11(25(32)33)36-29(14)45-23/h4-7,15,24-25H,1-3H3,(H2,37,40,42)(H2,38,41,43). The first kappa shape index (κ1) is 28.9. The van der Waals surface area contributed by atoms with E-state index < -0.39 is 52.8 Å². The number of fused-ring (bicyclic) bond motifs is 6. The fourth-order valence-electron chi connectivity index (χ4n) is 5.87. The first-order chi connectivity index (χ1) is 21.4. The van der Waals surface area contributed by atoms with Crippen molar-refractivity contribution in [3.05, 3.63) is 84.4 Å². The van der Waals surface area contributed by atoms with Gasteiger partial charge in [0.1, 0.15) is 32.5 Å². The summed E-state index contributed by atoms with van der Waals surface area (Å²) in [6.07, 6.45) is -4.27. The molecule has 0 aliphatic carbocycles. The van der Waals surface area contributed by atoms with E-state index >= 15 is 0 Å². The smallest absolute Gasteiger partial charge is 0.280 e. The summed E-state index contributed by atoms with van der Waals surface area (Å²) in [5, 5.41) is 28.2. The normalized spacial score (nSPS) is 12.4. The highest BCUT2D eigenvalue weighted by Gasteiger charge is 2.34. The molecule has 230 valence electrons. The summed E-state index contributed by atoms with van der Waals surface area (Å²) < 4.78 is 55.6. The zero-order valence-electron chi connectivity index (χ0n) is 23.4. The summed E-state index contributed by atoms with van der Waals surface area (Å²) in [7, 11) is 1.55. The third-order valence-corrected chi connectivity index (χ3v) is 10.0. The highest BCUT2D eigenvalue weighted by atomic mass is 32.1. The fraction of sp³-hybridized carbons (Fsp3) is 0.207. The predicted molar refractivity (Wildman–Crippen MR) is 162 cm³/mol. The van der Waals surface area contributed by atoms with Crippen molar-refractivity contribution < 1.29 is 27.8 Å². The average molecular weight is 657 g/mol. The lowest BCUT2D eigenvalue weighted by atomic mass is 9.88. The average Bonchev–Trinajstić information content (AvgIpc) is 3.67. The van der Waals surface area contributed by atoms with Crippen LogP contribution < -0.4 is 11.1 Å². The second kappa shape index (κ2) is 10.1. The van der Waals surface area contributed by atoms with Crippen molar-refractivity contribution in [1.82, 2.24) is 29.7 Å². The number of halogens is 4. The van der Waals surface area contributed by atoms with Crippen LogP contribution in [0.15, 0.2) is 34.0 Å². The molecule has 7 rings (SSSR count). The highest BCUT2D eigenvalue weighted by Crippen LogP contribution is 2.47. The van der Waals surface area contributed by atoms with Crippen LogP contribution in [0.3, 0.4) is 0 Å². The lowest BCUT2D eigenvalue weighted by molar-refractivity contribution is 0.146. The van der Waals surface area contributed by atoms with Gasteiger partial charge in [0.05, 0.1) is 43.2 Å². The minimum absolute atomic E-state index is 0.131. The van der Waals surface area contributed by atoms with Gasteiger partial charge in [-0.15, -0.1) is 22.7 Å². The quantitative estimate of drug-likeness (QED) is 0.157. The monoisotopic (exact) mass is 656 g/mol. The van der Waals surface area contributed by atoms with Crippen LogP contribution >= 0.6 is 22.7 Å². The molecule has 0 spiro atoms. The largest absolute Gasteiger partial charge is 0.506 e. The number of nitrogens with zero attached hydrogens (tertiary/aromatic N) is 4. The van der Waals surface area contributed by atoms with Crippen molar-refractivity contribution in [3.63, 3.8) is 0 Å². The fourth-order valence-corrected chi connectivity index (χ4v) is 8.22. The van der Waals surface area contributed by atoms with Gasteiger partial charge in [-0.1, -0.05) is 0 Å². The number of rotatable bonds is 5. The van der Waals surface area contributed by atoms with E-state index in [1.807, 2.05) is 0 Å². The van der Waals surface area contributed by atoms with Crippen LogP contribution in [-0.4, -0.2) is 39.9 Å². The van der Waals surface area contributed by atoms with Gasteiger partial charge in [-0.25, -0.2) is 27.5 Å². The Bertz CT molecular complexity index is 2330. The van der Waals surface area contributed by atoms with Crippen LogP contribution in [0, 0.1) is 13.8 Å².